The third kappa shape index (κ3) is 6.98. The van der Waals surface area contributed by atoms with Gasteiger partial charge >= 0.3 is 0 Å². The molecule has 45 heavy (non-hydrogen) atoms. The maximum absolute atomic E-state index is 13.8. The topological polar surface area (TPSA) is 131 Å². The van der Waals surface area contributed by atoms with E-state index >= 15 is 0 Å². The van der Waals surface area contributed by atoms with Crippen LogP contribution in [0.4, 0.5) is 17.1 Å². The monoisotopic (exact) mass is 665 g/mol. The van der Waals surface area contributed by atoms with Crippen LogP contribution in [0.5, 0.6) is 11.5 Å². The molecule has 5 aromatic carbocycles. The fourth-order valence-corrected chi connectivity index (χ4v) is 7.24. The van der Waals surface area contributed by atoms with Gasteiger partial charge in [0, 0.05) is 22.2 Å². The van der Waals surface area contributed by atoms with Gasteiger partial charge in [0.05, 0.1) is 35.4 Å². The molecule has 1 amide bonds. The molecule has 10 nitrogen and oxygen atoms in total. The first-order valence-electron chi connectivity index (χ1n) is 13.4. The highest BCUT2D eigenvalue weighted by atomic mass is 35.5. The number of rotatable bonds is 11. The van der Waals surface area contributed by atoms with E-state index in [9.17, 15) is 21.6 Å². The van der Waals surface area contributed by atoms with Crippen molar-refractivity contribution >= 4 is 65.4 Å². The van der Waals surface area contributed by atoms with E-state index in [0.29, 0.717) is 16.5 Å². The van der Waals surface area contributed by atoms with Crippen LogP contribution in [-0.4, -0.2) is 43.5 Å². The third-order valence-corrected chi connectivity index (χ3v) is 10.2. The number of carbonyl (C=O) groups excluding carboxylic acids is 1. The highest BCUT2D eigenvalue weighted by Crippen LogP contribution is 2.33. The van der Waals surface area contributed by atoms with Crippen LogP contribution in [0.1, 0.15) is 0 Å². The minimum atomic E-state index is -4.28. The zero-order valence-electron chi connectivity index (χ0n) is 24.1. The summed E-state index contributed by atoms with van der Waals surface area (Å²) in [5.41, 5.74) is 0.900. The van der Waals surface area contributed by atoms with E-state index in [1.165, 1.54) is 80.9 Å². The number of hydrogen-bond donors (Lipinski definition) is 2. The molecule has 0 aromatic heterocycles. The van der Waals surface area contributed by atoms with Gasteiger partial charge in [-0.05, 0) is 72.1 Å². The lowest BCUT2D eigenvalue weighted by molar-refractivity contribution is -0.114. The molecule has 0 saturated heterocycles. The Labute approximate surface area is 266 Å². The highest BCUT2D eigenvalue weighted by Gasteiger charge is 2.28. The number of methoxy groups -OCH3 is 2. The van der Waals surface area contributed by atoms with Crippen LogP contribution in [0.15, 0.2) is 119 Å². The molecule has 5 rings (SSSR count). The van der Waals surface area contributed by atoms with Crippen LogP contribution < -0.4 is 23.8 Å². The fraction of sp³-hybridized carbons (Fsp3) is 0.0938. The Bertz CT molecular complexity index is 2070. The molecule has 0 unspecified atom stereocenters. The second-order valence-electron chi connectivity index (χ2n) is 9.71. The van der Waals surface area contributed by atoms with Crippen molar-refractivity contribution in [1.82, 2.24) is 0 Å². The van der Waals surface area contributed by atoms with Gasteiger partial charge in [0.2, 0.25) is 5.91 Å². The van der Waals surface area contributed by atoms with Crippen LogP contribution in [0.25, 0.3) is 10.8 Å². The molecule has 0 aliphatic carbocycles. The fourth-order valence-electron chi connectivity index (χ4n) is 4.59. The number of sulfonamides is 2. The summed E-state index contributed by atoms with van der Waals surface area (Å²) in [6.45, 7) is -0.596. The summed E-state index contributed by atoms with van der Waals surface area (Å²) in [4.78, 5) is 13.0. The van der Waals surface area contributed by atoms with Crippen molar-refractivity contribution in [3.63, 3.8) is 0 Å². The first-order valence-corrected chi connectivity index (χ1v) is 16.7. The third-order valence-electron chi connectivity index (χ3n) is 6.83. The SMILES string of the molecule is COc1ccc(S(=O)(=O)N(CC(=O)Nc2ccc(S(=O)(=O)Nc3cccc4ccccc34)cc2)c2ccc(Cl)cc2)cc1OC. The maximum atomic E-state index is 13.8. The molecule has 0 spiro atoms. The highest BCUT2D eigenvalue weighted by molar-refractivity contribution is 7.93. The second-order valence-corrected chi connectivity index (χ2v) is 13.7. The molecule has 5 aromatic rings. The summed E-state index contributed by atoms with van der Waals surface area (Å²) >= 11 is 6.02. The lowest BCUT2D eigenvalue weighted by Crippen LogP contribution is -2.38. The summed E-state index contributed by atoms with van der Waals surface area (Å²) in [6.07, 6.45) is 0. The quantitative estimate of drug-likeness (QED) is 0.173. The number of hydrogen-bond acceptors (Lipinski definition) is 7. The van der Waals surface area contributed by atoms with Gasteiger partial charge in [-0.2, -0.15) is 0 Å². The summed E-state index contributed by atoms with van der Waals surface area (Å²) in [5, 5.41) is 4.66. The summed E-state index contributed by atoms with van der Waals surface area (Å²) in [6, 6.07) is 28.4. The predicted octanol–water partition coefficient (Wildman–Crippen LogP) is 6.15. The molecule has 0 aliphatic heterocycles. The van der Waals surface area contributed by atoms with Crippen molar-refractivity contribution in [3.05, 3.63) is 114 Å². The van der Waals surface area contributed by atoms with Crippen LogP contribution in [0, 0.1) is 0 Å². The molecular weight excluding hydrogens is 638 g/mol. The smallest absolute Gasteiger partial charge is 0.264 e. The first kappa shape index (κ1) is 31.6. The Morgan fingerprint density at radius 1 is 0.756 bits per heavy atom. The molecule has 0 saturated carbocycles. The maximum Gasteiger partial charge on any atom is 0.264 e. The molecule has 0 radical (unpaired) electrons. The van der Waals surface area contributed by atoms with Gasteiger partial charge in [0.1, 0.15) is 6.54 Å². The van der Waals surface area contributed by atoms with E-state index in [4.69, 9.17) is 21.1 Å². The van der Waals surface area contributed by atoms with Gasteiger partial charge < -0.3 is 14.8 Å². The Balaban J connectivity index is 1.36. The number of amides is 1. The van der Waals surface area contributed by atoms with Gasteiger partial charge in [0.15, 0.2) is 11.5 Å². The summed E-state index contributed by atoms with van der Waals surface area (Å²) < 4.78 is 67.9. The van der Waals surface area contributed by atoms with Crippen molar-refractivity contribution in [3.8, 4) is 11.5 Å². The minimum Gasteiger partial charge on any atom is -0.493 e. The minimum absolute atomic E-state index is 0.0211. The van der Waals surface area contributed by atoms with E-state index in [1.54, 1.807) is 12.1 Å². The van der Waals surface area contributed by atoms with Gasteiger partial charge in [-0.25, -0.2) is 16.8 Å². The van der Waals surface area contributed by atoms with Gasteiger partial charge in [-0.3, -0.25) is 13.8 Å². The van der Waals surface area contributed by atoms with E-state index in [2.05, 4.69) is 10.0 Å². The Hall–Kier alpha value is -4.78. The number of nitrogens with zero attached hydrogens (tertiary/aromatic N) is 1. The van der Waals surface area contributed by atoms with Crippen molar-refractivity contribution < 1.29 is 31.1 Å². The Kier molecular flexibility index (Phi) is 9.19. The number of ether oxygens (including phenoxy) is 2. The van der Waals surface area contributed by atoms with Crippen molar-refractivity contribution in [2.24, 2.45) is 0 Å². The summed E-state index contributed by atoms with van der Waals surface area (Å²) in [5.74, 6) is -0.132. The molecular formula is C32H28ClN3O7S2. The van der Waals surface area contributed by atoms with Crippen molar-refractivity contribution in [2.45, 2.75) is 9.79 Å². The van der Waals surface area contributed by atoms with Crippen LogP contribution in [-0.2, 0) is 24.8 Å². The van der Waals surface area contributed by atoms with Gasteiger partial charge in [-0.1, -0.05) is 48.0 Å². The van der Waals surface area contributed by atoms with Crippen molar-refractivity contribution in [2.75, 3.05) is 35.1 Å². The van der Waals surface area contributed by atoms with Crippen molar-refractivity contribution in [1.29, 1.82) is 0 Å². The Morgan fingerprint density at radius 2 is 1.40 bits per heavy atom. The van der Waals surface area contributed by atoms with E-state index < -0.39 is 32.5 Å². The first-order chi connectivity index (χ1) is 21.5. The number of nitrogens with one attached hydrogen (secondary N) is 2. The van der Waals surface area contributed by atoms with Gasteiger partial charge in [-0.15, -0.1) is 0 Å². The lowest BCUT2D eigenvalue weighted by atomic mass is 10.1. The molecule has 0 heterocycles. The molecule has 232 valence electrons. The zero-order valence-corrected chi connectivity index (χ0v) is 26.5. The van der Waals surface area contributed by atoms with E-state index in [-0.39, 0.29) is 26.9 Å². The number of anilines is 3. The number of fused-ring (bicyclic) bond motifs is 1. The molecule has 0 atom stereocenters. The zero-order chi connectivity index (χ0) is 32.2. The largest absolute Gasteiger partial charge is 0.493 e. The summed E-state index contributed by atoms with van der Waals surface area (Å²) in [7, 11) is -5.41. The van der Waals surface area contributed by atoms with Crippen LogP contribution in [0.3, 0.4) is 0 Å². The molecule has 0 bridgehead atoms. The Morgan fingerprint density at radius 3 is 2.09 bits per heavy atom. The van der Waals surface area contributed by atoms with Crippen LogP contribution >= 0.6 is 11.6 Å². The molecule has 2 N–H and O–H groups in total. The molecule has 13 heteroatoms. The van der Waals surface area contributed by atoms with Gasteiger partial charge in [0.25, 0.3) is 20.0 Å². The molecule has 0 fully saturated rings. The average Bonchev–Trinajstić information content (AvgIpc) is 3.04. The normalized spacial score (nSPS) is 11.5. The lowest BCUT2D eigenvalue weighted by Gasteiger charge is -2.24. The number of carbonyl (C=O) groups is 1. The average molecular weight is 666 g/mol. The standard InChI is InChI=1S/C32H28ClN3O7S2/c1-42-30-19-18-27(20-31(30)43-2)45(40,41)36(25-14-10-23(33)11-15-25)21-32(37)34-24-12-16-26(17-13-24)44(38,39)35-29-9-5-7-22-6-3-4-8-28(22)29/h3-20,35H,21H2,1-2H3,(H,34,37). The van der Waals surface area contributed by atoms with E-state index in [0.717, 1.165) is 15.1 Å². The number of halogens is 1. The predicted molar refractivity (Wildman–Crippen MR) is 175 cm³/mol. The second kappa shape index (κ2) is 13.1. The van der Waals surface area contributed by atoms with E-state index in [1.807, 2.05) is 30.3 Å². The molecule has 0 aliphatic rings. The number of benzene rings is 5. The van der Waals surface area contributed by atoms with Crippen LogP contribution in [0.2, 0.25) is 5.02 Å².